The number of rotatable bonds is 9. The highest BCUT2D eigenvalue weighted by molar-refractivity contribution is 6.04. The van der Waals surface area contributed by atoms with Gasteiger partial charge in [-0.25, -0.2) is 0 Å². The monoisotopic (exact) mass is 375 g/mol. The van der Waals surface area contributed by atoms with Crippen LogP contribution in [0.3, 0.4) is 0 Å². The molecule has 0 saturated heterocycles. The third kappa shape index (κ3) is 5.48. The molecule has 0 unspecified atom stereocenters. The van der Waals surface area contributed by atoms with Gasteiger partial charge in [0.15, 0.2) is 5.66 Å². The summed E-state index contributed by atoms with van der Waals surface area (Å²) < 4.78 is 0. The number of terminal acetylenes is 1. The van der Waals surface area contributed by atoms with E-state index in [1.807, 2.05) is 18.2 Å². The van der Waals surface area contributed by atoms with Crippen molar-refractivity contribution in [1.29, 1.82) is 0 Å². The minimum Gasteiger partial charge on any atom is -0.352 e. The van der Waals surface area contributed by atoms with Crippen molar-refractivity contribution in [3.63, 3.8) is 0 Å². The maximum atomic E-state index is 12.2. The lowest BCUT2D eigenvalue weighted by molar-refractivity contribution is -0.121. The molecule has 2 aromatic rings. The van der Waals surface area contributed by atoms with E-state index >= 15 is 0 Å². The molecular weight excluding hydrogens is 354 g/mol. The quantitative estimate of drug-likeness (QED) is 0.658. The Bertz CT molecular complexity index is 912. The van der Waals surface area contributed by atoms with E-state index in [1.54, 1.807) is 30.6 Å². The molecule has 0 saturated carbocycles. The Hall–Kier alpha value is -3.53. The van der Waals surface area contributed by atoms with Crippen molar-refractivity contribution in [2.75, 3.05) is 5.32 Å². The normalized spacial score (nSPS) is 13.4. The molecule has 3 rings (SSSR count). The molecule has 0 aliphatic carbocycles. The second-order valence-corrected chi connectivity index (χ2v) is 6.55. The van der Waals surface area contributed by atoms with E-state index in [9.17, 15) is 9.59 Å². The first kappa shape index (κ1) is 19.2. The smallest absolute Gasteiger partial charge is 0.255 e. The summed E-state index contributed by atoms with van der Waals surface area (Å²) in [7, 11) is 0. The fraction of sp³-hybridized carbons (Fsp3) is 0.286. The summed E-state index contributed by atoms with van der Waals surface area (Å²) in [6.07, 6.45) is 10.6. The molecule has 0 fully saturated rings. The number of hydrogen-bond donors (Lipinski definition) is 2. The zero-order chi connectivity index (χ0) is 19.8. The predicted molar refractivity (Wildman–Crippen MR) is 105 cm³/mol. The van der Waals surface area contributed by atoms with Crippen LogP contribution in [0.4, 0.5) is 5.69 Å². The van der Waals surface area contributed by atoms with Gasteiger partial charge in [0.1, 0.15) is 0 Å². The molecule has 1 aromatic carbocycles. The van der Waals surface area contributed by atoms with Crippen LogP contribution >= 0.6 is 0 Å². The summed E-state index contributed by atoms with van der Waals surface area (Å²) in [5.41, 5.74) is 1.64. The number of carbonyl (C=O) groups is 2. The molecule has 0 spiro atoms. The summed E-state index contributed by atoms with van der Waals surface area (Å²) in [5, 5.41) is 13.8. The Balaban J connectivity index is 1.46. The number of nitrogens with zero attached hydrogens (tertiary/aromatic N) is 3. The molecule has 142 valence electrons. The topological polar surface area (TPSA) is 95.8 Å². The largest absolute Gasteiger partial charge is 0.352 e. The van der Waals surface area contributed by atoms with E-state index in [-0.39, 0.29) is 11.8 Å². The predicted octanol–water partition coefficient (Wildman–Crippen LogP) is 3.31. The van der Waals surface area contributed by atoms with Crippen molar-refractivity contribution in [3.8, 4) is 12.3 Å². The van der Waals surface area contributed by atoms with Gasteiger partial charge in [-0.3, -0.25) is 14.6 Å². The van der Waals surface area contributed by atoms with Gasteiger partial charge < -0.3 is 10.6 Å². The number of hydrogen-bond acceptors (Lipinski definition) is 5. The van der Waals surface area contributed by atoms with Gasteiger partial charge in [0.2, 0.25) is 5.91 Å². The third-order valence-electron chi connectivity index (χ3n) is 4.42. The SMILES string of the molecule is C#CCCC1(CCC(=O)NCc2cccc(NC(=O)c3ccncc3)c2)N=N1. The molecular formula is C21H21N5O2. The molecule has 0 bridgehead atoms. The first-order chi connectivity index (χ1) is 13.6. The highest BCUT2D eigenvalue weighted by atomic mass is 16.2. The molecule has 28 heavy (non-hydrogen) atoms. The lowest BCUT2D eigenvalue weighted by Crippen LogP contribution is -2.25. The van der Waals surface area contributed by atoms with E-state index < -0.39 is 5.66 Å². The van der Waals surface area contributed by atoms with E-state index in [0.29, 0.717) is 43.5 Å². The van der Waals surface area contributed by atoms with Crippen LogP contribution in [-0.4, -0.2) is 22.5 Å². The van der Waals surface area contributed by atoms with Crippen LogP contribution in [0, 0.1) is 12.3 Å². The summed E-state index contributed by atoms with van der Waals surface area (Å²) in [6, 6.07) is 10.7. The van der Waals surface area contributed by atoms with Crippen LogP contribution < -0.4 is 10.6 Å². The Morgan fingerprint density at radius 1 is 1.11 bits per heavy atom. The van der Waals surface area contributed by atoms with Crippen molar-refractivity contribution in [3.05, 3.63) is 59.9 Å². The van der Waals surface area contributed by atoms with Crippen molar-refractivity contribution in [2.24, 2.45) is 10.2 Å². The van der Waals surface area contributed by atoms with Crippen LogP contribution in [0.1, 0.15) is 41.6 Å². The number of carbonyl (C=O) groups excluding carboxylic acids is 2. The standard InChI is InChI=1S/C21H21N5O2/c1-2-3-10-21(25-26-21)11-7-19(27)23-15-16-5-4-6-18(14-16)24-20(28)17-8-12-22-13-9-17/h1,4-6,8-9,12-14H,3,7,10-11,15H2,(H,23,27)(H,24,28). The third-order valence-corrected chi connectivity index (χ3v) is 4.42. The molecule has 1 aliphatic heterocycles. The second-order valence-electron chi connectivity index (χ2n) is 6.55. The van der Waals surface area contributed by atoms with Crippen LogP contribution in [-0.2, 0) is 11.3 Å². The van der Waals surface area contributed by atoms with Crippen molar-refractivity contribution < 1.29 is 9.59 Å². The van der Waals surface area contributed by atoms with Gasteiger partial charge in [-0.05, 0) is 29.8 Å². The van der Waals surface area contributed by atoms with Gasteiger partial charge in [0, 0.05) is 55.9 Å². The van der Waals surface area contributed by atoms with Crippen LogP contribution in [0.25, 0.3) is 0 Å². The lowest BCUT2D eigenvalue weighted by Gasteiger charge is -2.10. The van der Waals surface area contributed by atoms with Gasteiger partial charge >= 0.3 is 0 Å². The molecule has 0 atom stereocenters. The van der Waals surface area contributed by atoms with Crippen LogP contribution in [0.5, 0.6) is 0 Å². The zero-order valence-electron chi connectivity index (χ0n) is 15.4. The Morgan fingerprint density at radius 2 is 1.89 bits per heavy atom. The maximum Gasteiger partial charge on any atom is 0.255 e. The average Bonchev–Trinajstić information content (AvgIpc) is 3.50. The summed E-state index contributed by atoms with van der Waals surface area (Å²) in [4.78, 5) is 28.2. The molecule has 2 N–H and O–H groups in total. The average molecular weight is 375 g/mol. The fourth-order valence-corrected chi connectivity index (χ4v) is 2.74. The van der Waals surface area contributed by atoms with Gasteiger partial charge in [-0.15, -0.1) is 12.3 Å². The first-order valence-electron chi connectivity index (χ1n) is 9.05. The Morgan fingerprint density at radius 3 is 2.61 bits per heavy atom. The highest BCUT2D eigenvalue weighted by Crippen LogP contribution is 2.37. The van der Waals surface area contributed by atoms with E-state index in [4.69, 9.17) is 6.42 Å². The maximum absolute atomic E-state index is 12.2. The van der Waals surface area contributed by atoms with Crippen LogP contribution in [0.2, 0.25) is 0 Å². The van der Waals surface area contributed by atoms with Crippen molar-refractivity contribution >= 4 is 17.5 Å². The molecule has 2 amide bonds. The molecule has 1 aromatic heterocycles. The summed E-state index contributed by atoms with van der Waals surface area (Å²) >= 11 is 0. The second kappa shape index (κ2) is 8.91. The Kier molecular flexibility index (Phi) is 6.12. The molecule has 7 heteroatoms. The number of amides is 2. The lowest BCUT2D eigenvalue weighted by atomic mass is 10.0. The molecule has 1 aliphatic rings. The number of pyridine rings is 1. The van der Waals surface area contributed by atoms with E-state index in [2.05, 4.69) is 31.8 Å². The van der Waals surface area contributed by atoms with Gasteiger partial charge in [-0.1, -0.05) is 12.1 Å². The van der Waals surface area contributed by atoms with Gasteiger partial charge in [0.25, 0.3) is 5.91 Å². The number of anilines is 1. The van der Waals surface area contributed by atoms with Gasteiger partial charge in [-0.2, -0.15) is 10.2 Å². The van der Waals surface area contributed by atoms with Gasteiger partial charge in [0.05, 0.1) is 0 Å². The highest BCUT2D eigenvalue weighted by Gasteiger charge is 2.39. The zero-order valence-corrected chi connectivity index (χ0v) is 15.4. The van der Waals surface area contributed by atoms with E-state index in [1.165, 1.54) is 0 Å². The minimum absolute atomic E-state index is 0.0661. The van der Waals surface area contributed by atoms with E-state index in [0.717, 1.165) is 5.56 Å². The number of benzene rings is 1. The van der Waals surface area contributed by atoms with Crippen molar-refractivity contribution in [2.45, 2.75) is 37.9 Å². The minimum atomic E-state index is -0.444. The summed E-state index contributed by atoms with van der Waals surface area (Å²) in [5.74, 6) is 2.30. The van der Waals surface area contributed by atoms with Crippen LogP contribution in [0.15, 0.2) is 59.0 Å². The van der Waals surface area contributed by atoms with Crippen molar-refractivity contribution in [1.82, 2.24) is 10.3 Å². The first-order valence-corrected chi connectivity index (χ1v) is 9.05. The molecule has 2 heterocycles. The fourth-order valence-electron chi connectivity index (χ4n) is 2.74. The Labute approximate surface area is 163 Å². The number of aromatic nitrogens is 1. The molecule has 0 radical (unpaired) electrons. The molecule has 7 nitrogen and oxygen atoms in total. The number of nitrogens with one attached hydrogen (secondary N) is 2. The summed E-state index contributed by atoms with van der Waals surface area (Å²) in [6.45, 7) is 0.378.